The predicted molar refractivity (Wildman–Crippen MR) is 216 cm³/mol. The highest BCUT2D eigenvalue weighted by molar-refractivity contribution is 7.25. The molecule has 4 heterocycles. The molecule has 0 radical (unpaired) electrons. The molecule has 11 aromatic rings. The van der Waals surface area contributed by atoms with Crippen LogP contribution >= 0.6 is 11.3 Å². The van der Waals surface area contributed by atoms with Crippen LogP contribution in [0.2, 0.25) is 0 Å². The molecule has 6 heteroatoms. The lowest BCUT2D eigenvalue weighted by molar-refractivity contribution is 0.953. The third-order valence-corrected chi connectivity index (χ3v) is 11.3. The molecule has 0 atom stereocenters. The van der Waals surface area contributed by atoms with Gasteiger partial charge in [-0.2, -0.15) is 9.97 Å². The smallest absolute Gasteiger partial charge is 0.238 e. The number of fused-ring (bicyclic) bond motifs is 9. The summed E-state index contributed by atoms with van der Waals surface area (Å²) in [5.74, 6) is 1.85. The van der Waals surface area contributed by atoms with Gasteiger partial charge in [-0.1, -0.05) is 103 Å². The highest BCUT2D eigenvalue weighted by Gasteiger charge is 2.19. The maximum absolute atomic E-state index is 5.10. The Morgan fingerprint density at radius 2 is 1.12 bits per heavy atom. The van der Waals surface area contributed by atoms with Crippen molar-refractivity contribution in [2.24, 2.45) is 0 Å². The molecule has 0 saturated carbocycles. The molecule has 0 aliphatic rings. The summed E-state index contributed by atoms with van der Waals surface area (Å²) in [6.45, 7) is 0. The Labute approximate surface area is 302 Å². The first-order chi connectivity index (χ1) is 25.8. The third-order valence-electron chi connectivity index (χ3n) is 10.1. The predicted octanol–water partition coefficient (Wildman–Crippen LogP) is 12.0. The fourth-order valence-corrected chi connectivity index (χ4v) is 8.84. The molecule has 0 bridgehead atoms. The summed E-state index contributed by atoms with van der Waals surface area (Å²) in [4.78, 5) is 19.7. The molecule has 0 unspecified atom stereocenters. The van der Waals surface area contributed by atoms with Crippen LogP contribution in [0.25, 0.3) is 103 Å². The molecule has 242 valence electrons. The molecular weight excluding hydrogens is 655 g/mol. The van der Waals surface area contributed by atoms with Crippen LogP contribution in [0.4, 0.5) is 0 Å². The number of pyridine rings is 1. The SMILES string of the molecule is c1ccc(-c2nc(-c3ccccc3)nc(-n3c4ccccc4c4cc(-c5cc6cc7c(cc6c6cnccc56)sc5ccccc57)ccc43)n2)cc1. The van der Waals surface area contributed by atoms with Crippen LogP contribution in [0, 0.1) is 0 Å². The first-order valence-electron chi connectivity index (χ1n) is 17.3. The second kappa shape index (κ2) is 11.4. The minimum atomic E-state index is 0.584. The van der Waals surface area contributed by atoms with Gasteiger partial charge in [-0.3, -0.25) is 9.55 Å². The summed E-state index contributed by atoms with van der Waals surface area (Å²) in [6.07, 6.45) is 3.91. The number of benzene rings is 7. The Balaban J connectivity index is 1.15. The Morgan fingerprint density at radius 3 is 1.90 bits per heavy atom. The van der Waals surface area contributed by atoms with Crippen molar-refractivity contribution >= 4 is 74.9 Å². The first-order valence-corrected chi connectivity index (χ1v) is 18.1. The van der Waals surface area contributed by atoms with Gasteiger partial charge in [0.25, 0.3) is 0 Å². The van der Waals surface area contributed by atoms with Gasteiger partial charge >= 0.3 is 0 Å². The number of aromatic nitrogens is 5. The van der Waals surface area contributed by atoms with Crippen LogP contribution in [-0.2, 0) is 0 Å². The fraction of sp³-hybridized carbons (Fsp3) is 0. The van der Waals surface area contributed by atoms with E-state index in [0.29, 0.717) is 17.6 Å². The molecule has 0 aliphatic heterocycles. The second-order valence-corrected chi connectivity index (χ2v) is 14.2. The average Bonchev–Trinajstić information content (AvgIpc) is 3.75. The Kier molecular flexibility index (Phi) is 6.35. The molecule has 5 nitrogen and oxygen atoms in total. The Morgan fingerprint density at radius 1 is 0.423 bits per heavy atom. The van der Waals surface area contributed by atoms with E-state index in [1.807, 2.05) is 84.4 Å². The zero-order valence-electron chi connectivity index (χ0n) is 27.7. The quantitative estimate of drug-likeness (QED) is 0.174. The van der Waals surface area contributed by atoms with Crippen LogP contribution in [0.1, 0.15) is 0 Å². The van der Waals surface area contributed by atoms with E-state index in [-0.39, 0.29) is 0 Å². The Hall–Kier alpha value is -6.76. The van der Waals surface area contributed by atoms with Crippen molar-refractivity contribution in [3.63, 3.8) is 0 Å². The molecule has 0 aliphatic carbocycles. The van der Waals surface area contributed by atoms with Crippen molar-refractivity contribution in [3.05, 3.63) is 164 Å². The lowest BCUT2D eigenvalue weighted by atomic mass is 9.93. The van der Waals surface area contributed by atoms with E-state index in [0.717, 1.165) is 43.9 Å². The number of rotatable bonds is 4. The number of thiophene rings is 1. The zero-order valence-corrected chi connectivity index (χ0v) is 28.5. The lowest BCUT2D eigenvalue weighted by Crippen LogP contribution is -2.06. The van der Waals surface area contributed by atoms with E-state index < -0.39 is 0 Å². The summed E-state index contributed by atoms with van der Waals surface area (Å²) in [5.41, 5.74) is 6.29. The summed E-state index contributed by atoms with van der Waals surface area (Å²) in [7, 11) is 0. The van der Waals surface area contributed by atoms with Gasteiger partial charge in [0.15, 0.2) is 11.6 Å². The molecule has 0 saturated heterocycles. The highest BCUT2D eigenvalue weighted by atomic mass is 32.1. The summed E-state index contributed by atoms with van der Waals surface area (Å²) >= 11 is 1.85. The minimum absolute atomic E-state index is 0.584. The topological polar surface area (TPSA) is 56.5 Å². The van der Waals surface area contributed by atoms with E-state index in [1.165, 1.54) is 41.9 Å². The van der Waals surface area contributed by atoms with Gasteiger partial charge in [0.05, 0.1) is 11.0 Å². The molecule has 0 spiro atoms. The minimum Gasteiger partial charge on any atom is -0.278 e. The molecule has 0 fully saturated rings. The molecule has 0 N–H and O–H groups in total. The summed E-state index contributed by atoms with van der Waals surface area (Å²) < 4.78 is 4.78. The third kappa shape index (κ3) is 4.48. The van der Waals surface area contributed by atoms with Crippen molar-refractivity contribution in [2.75, 3.05) is 0 Å². The van der Waals surface area contributed by atoms with Crippen LogP contribution in [0.15, 0.2) is 164 Å². The van der Waals surface area contributed by atoms with Crippen molar-refractivity contribution in [1.82, 2.24) is 24.5 Å². The molecule has 11 rings (SSSR count). The van der Waals surface area contributed by atoms with Crippen molar-refractivity contribution in [3.8, 4) is 39.9 Å². The zero-order chi connectivity index (χ0) is 34.2. The van der Waals surface area contributed by atoms with Gasteiger partial charge in [0.1, 0.15) is 0 Å². The van der Waals surface area contributed by atoms with Gasteiger partial charge in [0.2, 0.25) is 5.95 Å². The van der Waals surface area contributed by atoms with E-state index in [2.05, 4.69) is 101 Å². The van der Waals surface area contributed by atoms with E-state index in [4.69, 9.17) is 15.0 Å². The van der Waals surface area contributed by atoms with E-state index in [9.17, 15) is 0 Å². The van der Waals surface area contributed by atoms with Crippen LogP contribution in [0.3, 0.4) is 0 Å². The number of hydrogen-bond acceptors (Lipinski definition) is 5. The van der Waals surface area contributed by atoms with Crippen LogP contribution in [-0.4, -0.2) is 24.5 Å². The number of nitrogens with zero attached hydrogens (tertiary/aromatic N) is 5. The van der Waals surface area contributed by atoms with Gasteiger partial charge in [-0.05, 0) is 75.8 Å². The molecule has 52 heavy (non-hydrogen) atoms. The average molecular weight is 682 g/mol. The molecular formula is C46H27N5S. The second-order valence-electron chi connectivity index (χ2n) is 13.1. The fourth-order valence-electron chi connectivity index (χ4n) is 7.71. The largest absolute Gasteiger partial charge is 0.278 e. The highest BCUT2D eigenvalue weighted by Crippen LogP contribution is 2.42. The summed E-state index contributed by atoms with van der Waals surface area (Å²) in [6, 6.07) is 53.4. The normalized spacial score (nSPS) is 11.8. The maximum Gasteiger partial charge on any atom is 0.238 e. The van der Waals surface area contributed by atoms with E-state index in [1.54, 1.807) is 0 Å². The van der Waals surface area contributed by atoms with Crippen molar-refractivity contribution in [1.29, 1.82) is 0 Å². The monoisotopic (exact) mass is 681 g/mol. The van der Waals surface area contributed by atoms with Crippen LogP contribution in [0.5, 0.6) is 0 Å². The molecule has 4 aromatic heterocycles. The Bertz CT molecular complexity index is 3130. The number of hydrogen-bond donors (Lipinski definition) is 0. The standard InChI is InChI=1S/C46H27N5S/c1-3-11-28(12-4-1)44-48-45(29-13-5-2-6-14-29)50-46(49-44)51-40-17-9-7-15-33(40)37-23-30(19-20-41(37)51)35-24-31-25-38-34-16-8-10-18-42(34)52-43(38)26-36(31)39-27-47-22-21-32(35)39/h1-27H. The lowest BCUT2D eigenvalue weighted by Gasteiger charge is -2.12. The van der Waals surface area contributed by atoms with Crippen molar-refractivity contribution in [2.45, 2.75) is 0 Å². The maximum atomic E-state index is 5.10. The van der Waals surface area contributed by atoms with Gasteiger partial charge in [-0.15, -0.1) is 11.3 Å². The first kappa shape index (κ1) is 29.0. The summed E-state index contributed by atoms with van der Waals surface area (Å²) in [5, 5.41) is 9.65. The van der Waals surface area contributed by atoms with Crippen molar-refractivity contribution < 1.29 is 0 Å². The molecule has 0 amide bonds. The van der Waals surface area contributed by atoms with Gasteiger partial charge in [0, 0.05) is 59.9 Å². The van der Waals surface area contributed by atoms with Gasteiger partial charge < -0.3 is 0 Å². The van der Waals surface area contributed by atoms with E-state index >= 15 is 0 Å². The molecule has 7 aromatic carbocycles. The van der Waals surface area contributed by atoms with Crippen LogP contribution < -0.4 is 0 Å². The van der Waals surface area contributed by atoms with Gasteiger partial charge in [-0.25, -0.2) is 4.98 Å². The number of para-hydroxylation sites is 1.